The first kappa shape index (κ1) is 20.2. The molecule has 0 bridgehead atoms. The van der Waals surface area contributed by atoms with Gasteiger partial charge in [-0.1, -0.05) is 11.6 Å². The Labute approximate surface area is 171 Å². The Morgan fingerprint density at radius 1 is 1.11 bits per heavy atom. The van der Waals surface area contributed by atoms with E-state index in [1.54, 1.807) is 30.5 Å². The predicted molar refractivity (Wildman–Crippen MR) is 107 cm³/mol. The molecule has 1 N–H and O–H groups in total. The number of carbonyl (C=O) groups excluding carboxylic acids is 1. The largest absolute Gasteiger partial charge is 0.310 e. The summed E-state index contributed by atoms with van der Waals surface area (Å²) in [7, 11) is -3.55. The summed E-state index contributed by atoms with van der Waals surface area (Å²) < 4.78 is 27.6. The van der Waals surface area contributed by atoms with Crippen molar-refractivity contribution in [2.75, 3.05) is 38.0 Å². The molecular formula is C17H18BrClN4O3S. The number of sulfonamides is 1. The van der Waals surface area contributed by atoms with E-state index in [2.05, 4.69) is 26.2 Å². The number of rotatable bonds is 5. The molecule has 2 aromatic rings. The van der Waals surface area contributed by atoms with E-state index >= 15 is 0 Å². The van der Waals surface area contributed by atoms with Crippen molar-refractivity contribution in [1.29, 1.82) is 0 Å². The predicted octanol–water partition coefficient (Wildman–Crippen LogP) is 2.44. The van der Waals surface area contributed by atoms with Crippen molar-refractivity contribution in [1.82, 2.24) is 14.2 Å². The molecule has 1 amide bonds. The molecule has 1 fully saturated rings. The molecule has 10 heteroatoms. The van der Waals surface area contributed by atoms with Crippen LogP contribution in [0.3, 0.4) is 0 Å². The molecule has 1 saturated heterocycles. The third-order valence-corrected chi connectivity index (χ3v) is 6.78. The lowest BCUT2D eigenvalue weighted by Crippen LogP contribution is -2.50. The highest BCUT2D eigenvalue weighted by Gasteiger charge is 2.29. The van der Waals surface area contributed by atoms with Crippen LogP contribution in [0, 0.1) is 0 Å². The number of aromatic nitrogens is 1. The molecule has 0 spiro atoms. The fourth-order valence-electron chi connectivity index (χ4n) is 2.72. The highest BCUT2D eigenvalue weighted by atomic mass is 79.9. The molecule has 2 heterocycles. The van der Waals surface area contributed by atoms with Gasteiger partial charge in [0.25, 0.3) is 0 Å². The van der Waals surface area contributed by atoms with Crippen LogP contribution in [0.15, 0.2) is 52.0 Å². The summed E-state index contributed by atoms with van der Waals surface area (Å²) in [6.45, 7) is 1.80. The molecule has 3 rings (SSSR count). The van der Waals surface area contributed by atoms with Gasteiger partial charge in [-0.3, -0.25) is 9.69 Å². The van der Waals surface area contributed by atoms with Gasteiger partial charge < -0.3 is 5.32 Å². The highest BCUT2D eigenvalue weighted by molar-refractivity contribution is 9.10. The summed E-state index contributed by atoms with van der Waals surface area (Å²) >= 11 is 9.11. The quantitative estimate of drug-likeness (QED) is 0.721. The van der Waals surface area contributed by atoms with Crippen molar-refractivity contribution in [2.24, 2.45) is 0 Å². The summed E-state index contributed by atoms with van der Waals surface area (Å²) in [6.07, 6.45) is 1.61. The van der Waals surface area contributed by atoms with Crippen LogP contribution in [0.4, 0.5) is 5.82 Å². The first-order chi connectivity index (χ1) is 12.8. The van der Waals surface area contributed by atoms with Gasteiger partial charge in [-0.05, 0) is 52.3 Å². The van der Waals surface area contributed by atoms with Crippen molar-refractivity contribution in [3.05, 3.63) is 52.1 Å². The molecule has 0 saturated carbocycles. The lowest BCUT2D eigenvalue weighted by atomic mass is 10.3. The Bertz CT molecular complexity index is 899. The van der Waals surface area contributed by atoms with Crippen LogP contribution < -0.4 is 5.32 Å². The zero-order valence-corrected chi connectivity index (χ0v) is 17.5. The van der Waals surface area contributed by atoms with Crippen LogP contribution in [0.2, 0.25) is 5.02 Å². The Morgan fingerprint density at radius 3 is 2.37 bits per heavy atom. The average Bonchev–Trinajstić information content (AvgIpc) is 2.64. The minimum absolute atomic E-state index is 0.182. The standard InChI is InChI=1S/C17H18BrClN4O3S/c18-13-1-6-16(20-11-13)21-17(24)12-22-7-9-23(10-8-22)27(25,26)15-4-2-14(19)3-5-15/h1-6,11H,7-10,12H2,(H,20,21,24). The summed E-state index contributed by atoms with van der Waals surface area (Å²) in [5.74, 6) is 0.297. The van der Waals surface area contributed by atoms with E-state index in [0.29, 0.717) is 37.0 Å². The number of amides is 1. The molecule has 0 aliphatic carbocycles. The van der Waals surface area contributed by atoms with E-state index in [1.807, 2.05) is 4.90 Å². The van der Waals surface area contributed by atoms with Gasteiger partial charge in [-0.2, -0.15) is 4.31 Å². The number of halogens is 2. The van der Waals surface area contributed by atoms with Gasteiger partial charge >= 0.3 is 0 Å². The maximum absolute atomic E-state index is 12.7. The topological polar surface area (TPSA) is 82.6 Å². The third kappa shape index (κ3) is 5.26. The van der Waals surface area contributed by atoms with E-state index < -0.39 is 10.0 Å². The van der Waals surface area contributed by atoms with Gasteiger partial charge in [-0.15, -0.1) is 0 Å². The molecule has 1 aliphatic rings. The maximum atomic E-state index is 12.7. The molecule has 1 aromatic heterocycles. The van der Waals surface area contributed by atoms with Gasteiger partial charge in [0.15, 0.2) is 0 Å². The number of piperazine rings is 1. The molecule has 144 valence electrons. The minimum atomic E-state index is -3.55. The second-order valence-corrected chi connectivity index (χ2v) is 9.33. The van der Waals surface area contributed by atoms with Gasteiger partial charge in [-0.25, -0.2) is 13.4 Å². The lowest BCUT2D eigenvalue weighted by Gasteiger charge is -2.33. The average molecular weight is 474 g/mol. The van der Waals surface area contributed by atoms with Crippen LogP contribution in [-0.2, 0) is 14.8 Å². The molecule has 0 atom stereocenters. The van der Waals surface area contributed by atoms with E-state index in [0.717, 1.165) is 4.47 Å². The Kier molecular flexibility index (Phi) is 6.48. The first-order valence-electron chi connectivity index (χ1n) is 8.24. The van der Waals surface area contributed by atoms with Gasteiger partial charge in [0, 0.05) is 41.9 Å². The van der Waals surface area contributed by atoms with E-state index in [9.17, 15) is 13.2 Å². The number of nitrogens with one attached hydrogen (secondary N) is 1. The molecule has 7 nitrogen and oxygen atoms in total. The van der Waals surface area contributed by atoms with Crippen LogP contribution in [0.5, 0.6) is 0 Å². The monoisotopic (exact) mass is 472 g/mol. The van der Waals surface area contributed by atoms with Crippen LogP contribution in [0.1, 0.15) is 0 Å². The molecular weight excluding hydrogens is 456 g/mol. The zero-order valence-electron chi connectivity index (χ0n) is 14.3. The molecule has 0 radical (unpaired) electrons. The van der Waals surface area contributed by atoms with Crippen molar-refractivity contribution >= 4 is 49.3 Å². The number of anilines is 1. The molecule has 27 heavy (non-hydrogen) atoms. The molecule has 1 aromatic carbocycles. The van der Waals surface area contributed by atoms with Crippen molar-refractivity contribution in [3.8, 4) is 0 Å². The van der Waals surface area contributed by atoms with Crippen molar-refractivity contribution in [3.63, 3.8) is 0 Å². The normalized spacial score (nSPS) is 16.2. The number of carbonyl (C=O) groups is 1. The van der Waals surface area contributed by atoms with Crippen LogP contribution >= 0.6 is 27.5 Å². The Balaban J connectivity index is 1.53. The number of pyridine rings is 1. The Morgan fingerprint density at radius 2 is 1.78 bits per heavy atom. The van der Waals surface area contributed by atoms with Crippen LogP contribution in [0.25, 0.3) is 0 Å². The summed E-state index contributed by atoms with van der Waals surface area (Å²) in [5, 5.41) is 3.22. The summed E-state index contributed by atoms with van der Waals surface area (Å²) in [6, 6.07) is 9.63. The minimum Gasteiger partial charge on any atom is -0.310 e. The SMILES string of the molecule is O=C(CN1CCN(S(=O)(=O)c2ccc(Cl)cc2)CC1)Nc1ccc(Br)cn1. The van der Waals surface area contributed by atoms with E-state index in [-0.39, 0.29) is 17.3 Å². The fraction of sp³-hybridized carbons (Fsp3) is 0.294. The zero-order chi connectivity index (χ0) is 19.4. The first-order valence-corrected chi connectivity index (χ1v) is 10.9. The van der Waals surface area contributed by atoms with Crippen molar-refractivity contribution < 1.29 is 13.2 Å². The second-order valence-electron chi connectivity index (χ2n) is 6.04. The molecule has 1 aliphatic heterocycles. The lowest BCUT2D eigenvalue weighted by molar-refractivity contribution is -0.117. The van der Waals surface area contributed by atoms with Gasteiger partial charge in [0.05, 0.1) is 11.4 Å². The van der Waals surface area contributed by atoms with Crippen molar-refractivity contribution in [2.45, 2.75) is 4.90 Å². The molecule has 0 unspecified atom stereocenters. The summed E-state index contributed by atoms with van der Waals surface area (Å²) in [5.41, 5.74) is 0. The number of benzene rings is 1. The second kappa shape index (κ2) is 8.66. The maximum Gasteiger partial charge on any atom is 0.243 e. The number of hydrogen-bond donors (Lipinski definition) is 1. The van der Waals surface area contributed by atoms with Crippen LogP contribution in [-0.4, -0.2) is 61.2 Å². The van der Waals surface area contributed by atoms with E-state index in [1.165, 1.54) is 16.4 Å². The third-order valence-electron chi connectivity index (χ3n) is 4.14. The summed E-state index contributed by atoms with van der Waals surface area (Å²) in [4.78, 5) is 18.4. The Hall–Kier alpha value is -1.52. The van der Waals surface area contributed by atoms with Gasteiger partial charge in [0.2, 0.25) is 15.9 Å². The highest BCUT2D eigenvalue weighted by Crippen LogP contribution is 2.20. The smallest absolute Gasteiger partial charge is 0.243 e. The number of nitrogens with zero attached hydrogens (tertiary/aromatic N) is 3. The van der Waals surface area contributed by atoms with E-state index in [4.69, 9.17) is 11.6 Å². The fourth-order valence-corrected chi connectivity index (χ4v) is 4.50. The van der Waals surface area contributed by atoms with Gasteiger partial charge in [0.1, 0.15) is 5.82 Å². The number of hydrogen-bond acceptors (Lipinski definition) is 5.